The zero-order chi connectivity index (χ0) is 12.1. The van der Waals surface area contributed by atoms with Crippen molar-refractivity contribution >= 4 is 5.97 Å². The topological polar surface area (TPSA) is 87.3 Å². The van der Waals surface area contributed by atoms with Gasteiger partial charge in [-0.15, -0.1) is 0 Å². The van der Waals surface area contributed by atoms with Crippen LogP contribution < -0.4 is 0 Å². The summed E-state index contributed by atoms with van der Waals surface area (Å²) >= 11 is 0. The molecular formula is C10H9N3O4. The molecule has 0 N–H and O–H groups in total. The summed E-state index contributed by atoms with van der Waals surface area (Å²) in [5.41, 5.74) is 0.594. The molecule has 17 heavy (non-hydrogen) atoms. The second-order valence-corrected chi connectivity index (χ2v) is 3.11. The summed E-state index contributed by atoms with van der Waals surface area (Å²) in [5, 5.41) is 0. The first kappa shape index (κ1) is 11.2. The van der Waals surface area contributed by atoms with Crippen LogP contribution >= 0.6 is 0 Å². The predicted octanol–water partition coefficient (Wildman–Crippen LogP) is 1.31. The molecule has 0 spiro atoms. The van der Waals surface area contributed by atoms with Crippen molar-refractivity contribution in [1.29, 1.82) is 0 Å². The van der Waals surface area contributed by atoms with Gasteiger partial charge in [0.05, 0.1) is 6.20 Å². The number of hydrogen-bond acceptors (Lipinski definition) is 7. The lowest BCUT2D eigenvalue weighted by atomic mass is 10.3. The van der Waals surface area contributed by atoms with Crippen molar-refractivity contribution < 1.29 is 19.0 Å². The predicted molar refractivity (Wildman–Crippen MR) is 53.5 cm³/mol. The maximum absolute atomic E-state index is 11.4. The summed E-state index contributed by atoms with van der Waals surface area (Å²) in [6.45, 7) is 1.67. The van der Waals surface area contributed by atoms with Crippen molar-refractivity contribution in [3.63, 3.8) is 0 Å². The molecule has 0 saturated heterocycles. The SMILES string of the molecule is CC(OOC(=O)c1cnccn1)c1cocn1. The highest BCUT2D eigenvalue weighted by atomic mass is 17.2. The Labute approximate surface area is 96.4 Å². The van der Waals surface area contributed by atoms with E-state index in [-0.39, 0.29) is 5.69 Å². The Morgan fingerprint density at radius 3 is 2.94 bits per heavy atom. The quantitative estimate of drug-likeness (QED) is 0.583. The molecule has 0 aliphatic carbocycles. The van der Waals surface area contributed by atoms with E-state index in [9.17, 15) is 4.79 Å². The second kappa shape index (κ2) is 5.17. The van der Waals surface area contributed by atoms with Gasteiger partial charge in [0.25, 0.3) is 0 Å². The molecule has 0 amide bonds. The molecule has 0 bridgehead atoms. The summed E-state index contributed by atoms with van der Waals surface area (Å²) < 4.78 is 4.77. The van der Waals surface area contributed by atoms with Crippen LogP contribution in [0.2, 0.25) is 0 Å². The van der Waals surface area contributed by atoms with Crippen LogP contribution in [0.5, 0.6) is 0 Å². The molecule has 0 fully saturated rings. The lowest BCUT2D eigenvalue weighted by molar-refractivity contribution is -0.274. The first-order valence-electron chi connectivity index (χ1n) is 4.79. The molecule has 7 heteroatoms. The lowest BCUT2D eigenvalue weighted by Gasteiger charge is -2.07. The third-order valence-corrected chi connectivity index (χ3v) is 1.91. The molecule has 1 unspecified atom stereocenters. The van der Waals surface area contributed by atoms with Gasteiger partial charge in [-0.3, -0.25) is 9.87 Å². The normalized spacial score (nSPS) is 12.1. The highest BCUT2D eigenvalue weighted by molar-refractivity contribution is 5.86. The molecular weight excluding hydrogens is 226 g/mol. The standard InChI is InChI=1S/C10H9N3O4/c1-7(9-5-15-6-13-9)16-17-10(14)8-4-11-2-3-12-8/h2-7H,1H3. The number of oxazole rings is 1. The number of hydrogen-bond donors (Lipinski definition) is 0. The largest absolute Gasteiger partial charge is 0.451 e. The minimum Gasteiger partial charge on any atom is -0.451 e. The average Bonchev–Trinajstić information content (AvgIpc) is 2.90. The van der Waals surface area contributed by atoms with Crippen LogP contribution in [0, 0.1) is 0 Å². The summed E-state index contributed by atoms with van der Waals surface area (Å²) in [4.78, 5) is 32.2. The molecule has 2 rings (SSSR count). The van der Waals surface area contributed by atoms with Gasteiger partial charge in [0.2, 0.25) is 0 Å². The molecule has 2 aromatic heterocycles. The first-order valence-corrected chi connectivity index (χ1v) is 4.79. The van der Waals surface area contributed by atoms with Crippen LogP contribution in [0.1, 0.15) is 29.2 Å². The fourth-order valence-corrected chi connectivity index (χ4v) is 1.03. The Morgan fingerprint density at radius 1 is 1.41 bits per heavy atom. The molecule has 7 nitrogen and oxygen atoms in total. The number of aromatic nitrogens is 3. The van der Waals surface area contributed by atoms with Gasteiger partial charge >= 0.3 is 5.97 Å². The molecule has 88 valence electrons. The molecule has 2 aromatic rings. The van der Waals surface area contributed by atoms with Crippen molar-refractivity contribution in [2.24, 2.45) is 0 Å². The Hall–Kier alpha value is -2.28. The lowest BCUT2D eigenvalue weighted by Crippen LogP contribution is -2.10. The van der Waals surface area contributed by atoms with E-state index in [4.69, 9.17) is 9.30 Å². The van der Waals surface area contributed by atoms with Crippen molar-refractivity contribution in [3.05, 3.63) is 42.6 Å². The number of carbonyl (C=O) groups is 1. The third-order valence-electron chi connectivity index (χ3n) is 1.91. The molecule has 0 saturated carbocycles. The van der Waals surface area contributed by atoms with Gasteiger partial charge in [0.15, 0.2) is 12.1 Å². The van der Waals surface area contributed by atoms with Gasteiger partial charge in [-0.2, -0.15) is 4.89 Å². The zero-order valence-corrected chi connectivity index (χ0v) is 8.94. The molecule has 1 atom stereocenters. The van der Waals surface area contributed by atoms with Gasteiger partial charge in [0, 0.05) is 12.4 Å². The maximum atomic E-state index is 11.4. The van der Waals surface area contributed by atoms with Crippen LogP contribution in [0.25, 0.3) is 0 Å². The van der Waals surface area contributed by atoms with Gasteiger partial charge in [0.1, 0.15) is 18.1 Å². The van der Waals surface area contributed by atoms with E-state index in [0.29, 0.717) is 5.69 Å². The molecule has 0 aromatic carbocycles. The van der Waals surface area contributed by atoms with E-state index in [1.807, 2.05) is 0 Å². The Bertz CT molecular complexity index is 472. The van der Waals surface area contributed by atoms with Gasteiger partial charge in [-0.05, 0) is 6.92 Å². The van der Waals surface area contributed by atoms with Crippen molar-refractivity contribution in [2.75, 3.05) is 0 Å². The Kier molecular flexibility index (Phi) is 3.41. The van der Waals surface area contributed by atoms with Crippen LogP contribution in [-0.4, -0.2) is 20.9 Å². The van der Waals surface area contributed by atoms with E-state index in [0.717, 1.165) is 0 Å². The van der Waals surface area contributed by atoms with Crippen LogP contribution in [-0.2, 0) is 9.78 Å². The van der Waals surface area contributed by atoms with Gasteiger partial charge in [-0.1, -0.05) is 0 Å². The number of carbonyl (C=O) groups excluding carboxylic acids is 1. The summed E-state index contributed by atoms with van der Waals surface area (Å²) in [5.74, 6) is -0.714. The smallest absolute Gasteiger partial charge is 0.392 e. The van der Waals surface area contributed by atoms with Crippen LogP contribution in [0.4, 0.5) is 0 Å². The molecule has 0 aliphatic rings. The first-order chi connectivity index (χ1) is 8.27. The van der Waals surface area contributed by atoms with Crippen molar-refractivity contribution in [2.45, 2.75) is 13.0 Å². The number of rotatable bonds is 4. The van der Waals surface area contributed by atoms with E-state index in [1.54, 1.807) is 6.92 Å². The molecule has 0 aliphatic heterocycles. The van der Waals surface area contributed by atoms with E-state index in [1.165, 1.54) is 31.2 Å². The maximum Gasteiger partial charge on any atom is 0.392 e. The Morgan fingerprint density at radius 2 is 2.29 bits per heavy atom. The van der Waals surface area contributed by atoms with E-state index < -0.39 is 12.1 Å². The van der Waals surface area contributed by atoms with Gasteiger partial charge in [-0.25, -0.2) is 14.8 Å². The zero-order valence-electron chi connectivity index (χ0n) is 8.94. The van der Waals surface area contributed by atoms with Crippen molar-refractivity contribution in [1.82, 2.24) is 15.0 Å². The molecule has 2 heterocycles. The fraction of sp³-hybridized carbons (Fsp3) is 0.200. The van der Waals surface area contributed by atoms with E-state index in [2.05, 4.69) is 19.8 Å². The third kappa shape index (κ3) is 2.85. The highest BCUT2D eigenvalue weighted by Crippen LogP contribution is 2.14. The second-order valence-electron chi connectivity index (χ2n) is 3.11. The summed E-state index contributed by atoms with van der Waals surface area (Å²) in [6.07, 6.45) is 6.27. The average molecular weight is 235 g/mol. The fourth-order valence-electron chi connectivity index (χ4n) is 1.03. The number of nitrogens with zero attached hydrogens (tertiary/aromatic N) is 3. The summed E-state index contributed by atoms with van der Waals surface area (Å²) in [7, 11) is 0. The minimum atomic E-state index is -0.714. The summed E-state index contributed by atoms with van der Waals surface area (Å²) in [6, 6.07) is 0. The monoisotopic (exact) mass is 235 g/mol. The highest BCUT2D eigenvalue weighted by Gasteiger charge is 2.15. The van der Waals surface area contributed by atoms with E-state index >= 15 is 0 Å². The van der Waals surface area contributed by atoms with Crippen molar-refractivity contribution in [3.8, 4) is 0 Å². The minimum absolute atomic E-state index is 0.0693. The van der Waals surface area contributed by atoms with Crippen LogP contribution in [0.3, 0.4) is 0 Å². The Balaban J connectivity index is 1.89. The molecule has 0 radical (unpaired) electrons. The van der Waals surface area contributed by atoms with Crippen LogP contribution in [0.15, 0.2) is 35.7 Å². The van der Waals surface area contributed by atoms with Gasteiger partial charge < -0.3 is 4.42 Å².